The number of pyridine rings is 1. The van der Waals surface area contributed by atoms with Gasteiger partial charge in [-0.2, -0.15) is 0 Å². The van der Waals surface area contributed by atoms with Gasteiger partial charge in [-0.15, -0.1) is 12.4 Å². The summed E-state index contributed by atoms with van der Waals surface area (Å²) in [6.45, 7) is 1.66. The molecule has 1 aliphatic heterocycles. The first-order valence-corrected chi connectivity index (χ1v) is 6.42. The molecule has 6 nitrogen and oxygen atoms in total. The molecule has 2 rings (SSSR count). The highest BCUT2D eigenvalue weighted by molar-refractivity contribution is 9.10. The van der Waals surface area contributed by atoms with Crippen molar-refractivity contribution in [2.45, 2.75) is 6.10 Å². The van der Waals surface area contributed by atoms with E-state index in [9.17, 15) is 14.7 Å². The van der Waals surface area contributed by atoms with E-state index < -0.39 is 6.10 Å². The summed E-state index contributed by atoms with van der Waals surface area (Å²) < 4.78 is 0.317. The molecule has 0 radical (unpaired) electrons. The fourth-order valence-electron chi connectivity index (χ4n) is 1.84. The van der Waals surface area contributed by atoms with Gasteiger partial charge >= 0.3 is 0 Å². The van der Waals surface area contributed by atoms with Crippen molar-refractivity contribution < 1.29 is 9.90 Å². The van der Waals surface area contributed by atoms with E-state index in [0.717, 1.165) is 0 Å². The Balaban J connectivity index is 0.00000180. The summed E-state index contributed by atoms with van der Waals surface area (Å²) in [5, 5.41) is 15.4. The van der Waals surface area contributed by atoms with E-state index in [2.05, 4.69) is 31.5 Å². The zero-order chi connectivity index (χ0) is 13.1. The van der Waals surface area contributed by atoms with Crippen molar-refractivity contribution in [3.05, 3.63) is 32.7 Å². The molecule has 2 heterocycles. The molecule has 0 saturated carbocycles. The standard InChI is InChI=1S/C11H14BrN3O3.ClH/c12-8-1-6(3-15-11(8)18)10(17)14-4-7-2-13-5-9(7)16;/h1,3,7,9,13,16H,2,4-5H2,(H,14,17)(H,15,18);1H. The Labute approximate surface area is 124 Å². The average Bonchev–Trinajstić information content (AvgIpc) is 2.75. The van der Waals surface area contributed by atoms with E-state index in [1.807, 2.05) is 0 Å². The van der Waals surface area contributed by atoms with Crippen molar-refractivity contribution >= 4 is 34.2 Å². The molecule has 1 fully saturated rings. The number of aromatic nitrogens is 1. The Bertz CT molecular complexity index is 508. The van der Waals surface area contributed by atoms with E-state index in [1.165, 1.54) is 12.3 Å². The molecule has 19 heavy (non-hydrogen) atoms. The van der Waals surface area contributed by atoms with Gasteiger partial charge in [0.25, 0.3) is 11.5 Å². The second-order valence-corrected chi connectivity index (χ2v) is 5.12. The molecule has 1 aliphatic rings. The molecule has 8 heteroatoms. The number of aliphatic hydroxyl groups excluding tert-OH is 1. The third-order valence-electron chi connectivity index (χ3n) is 2.95. The molecule has 1 aromatic heterocycles. The molecule has 1 amide bonds. The van der Waals surface area contributed by atoms with Gasteiger partial charge in [0.1, 0.15) is 0 Å². The highest BCUT2D eigenvalue weighted by Crippen LogP contribution is 2.08. The number of hydrogen-bond acceptors (Lipinski definition) is 4. The van der Waals surface area contributed by atoms with Crippen LogP contribution >= 0.6 is 28.3 Å². The minimum absolute atomic E-state index is 0. The van der Waals surface area contributed by atoms with Crippen LogP contribution in [0.25, 0.3) is 0 Å². The van der Waals surface area contributed by atoms with Crippen LogP contribution in [0.5, 0.6) is 0 Å². The SMILES string of the molecule is Cl.O=C(NCC1CNCC1O)c1c[nH]c(=O)c(Br)c1. The minimum atomic E-state index is -0.424. The highest BCUT2D eigenvalue weighted by atomic mass is 79.9. The van der Waals surface area contributed by atoms with Crippen LogP contribution in [0.4, 0.5) is 0 Å². The summed E-state index contributed by atoms with van der Waals surface area (Å²) >= 11 is 3.07. The monoisotopic (exact) mass is 351 g/mol. The molecule has 1 saturated heterocycles. The number of halogens is 2. The summed E-state index contributed by atoms with van der Waals surface area (Å²) in [4.78, 5) is 25.4. The van der Waals surface area contributed by atoms with Crippen molar-refractivity contribution in [1.29, 1.82) is 0 Å². The fraction of sp³-hybridized carbons (Fsp3) is 0.455. The molecule has 0 spiro atoms. The number of aromatic amines is 1. The summed E-state index contributed by atoms with van der Waals surface area (Å²) in [6.07, 6.45) is 0.943. The molecule has 2 atom stereocenters. The Hall–Kier alpha value is -0.890. The first kappa shape index (κ1) is 16.2. The second kappa shape index (κ2) is 7.04. The number of rotatable bonds is 3. The van der Waals surface area contributed by atoms with Gasteiger partial charge in [-0.25, -0.2) is 0 Å². The van der Waals surface area contributed by atoms with Crippen LogP contribution in [0.15, 0.2) is 21.5 Å². The fourth-order valence-corrected chi connectivity index (χ4v) is 2.20. The quantitative estimate of drug-likeness (QED) is 0.609. The predicted octanol–water partition coefficient (Wildman–Crippen LogP) is -0.131. The van der Waals surface area contributed by atoms with Gasteiger partial charge in [0.2, 0.25) is 0 Å². The summed E-state index contributed by atoms with van der Waals surface area (Å²) in [5.41, 5.74) is 0.101. The lowest BCUT2D eigenvalue weighted by molar-refractivity contribution is 0.0926. The number of amides is 1. The summed E-state index contributed by atoms with van der Waals surface area (Å²) in [6, 6.07) is 1.47. The first-order valence-electron chi connectivity index (χ1n) is 5.63. The van der Waals surface area contributed by atoms with Crippen molar-refractivity contribution in [1.82, 2.24) is 15.6 Å². The Morgan fingerprint density at radius 2 is 2.26 bits per heavy atom. The number of H-pyrrole nitrogens is 1. The van der Waals surface area contributed by atoms with E-state index in [0.29, 0.717) is 29.7 Å². The summed E-state index contributed by atoms with van der Waals surface area (Å²) in [7, 11) is 0. The van der Waals surface area contributed by atoms with Crippen LogP contribution in [-0.2, 0) is 0 Å². The molecular formula is C11H15BrClN3O3. The van der Waals surface area contributed by atoms with E-state index in [-0.39, 0.29) is 29.8 Å². The van der Waals surface area contributed by atoms with Crippen LogP contribution in [-0.4, -0.2) is 41.7 Å². The highest BCUT2D eigenvalue weighted by Gasteiger charge is 2.25. The third kappa shape index (κ3) is 4.04. The van der Waals surface area contributed by atoms with Gasteiger partial charge in [0.15, 0.2) is 0 Å². The van der Waals surface area contributed by atoms with Crippen LogP contribution < -0.4 is 16.2 Å². The topological polar surface area (TPSA) is 94.2 Å². The van der Waals surface area contributed by atoms with Gasteiger partial charge in [0, 0.05) is 31.7 Å². The summed E-state index contributed by atoms with van der Waals surface area (Å²) in [5.74, 6) is -0.244. The number of carbonyl (C=O) groups excluding carboxylic acids is 1. The molecule has 1 aromatic rings. The third-order valence-corrected chi connectivity index (χ3v) is 3.54. The second-order valence-electron chi connectivity index (χ2n) is 4.26. The van der Waals surface area contributed by atoms with Crippen LogP contribution in [0.1, 0.15) is 10.4 Å². The minimum Gasteiger partial charge on any atom is -0.391 e. The van der Waals surface area contributed by atoms with E-state index >= 15 is 0 Å². The predicted molar refractivity (Wildman–Crippen MR) is 76.7 cm³/mol. The molecular weight excluding hydrogens is 337 g/mol. The first-order chi connectivity index (χ1) is 8.58. The van der Waals surface area contributed by atoms with E-state index in [4.69, 9.17) is 0 Å². The lowest BCUT2D eigenvalue weighted by atomic mass is 10.1. The average molecular weight is 353 g/mol. The van der Waals surface area contributed by atoms with Gasteiger partial charge in [0.05, 0.1) is 16.1 Å². The normalized spacial score (nSPS) is 21.8. The number of aliphatic hydroxyl groups is 1. The maximum absolute atomic E-state index is 11.8. The van der Waals surface area contributed by atoms with E-state index in [1.54, 1.807) is 0 Å². The van der Waals surface area contributed by atoms with Crippen molar-refractivity contribution in [3.63, 3.8) is 0 Å². The Morgan fingerprint density at radius 3 is 2.84 bits per heavy atom. The number of β-amino-alcohol motifs (C(OH)–C–C–N with tert-alkyl or cyclic N) is 1. The zero-order valence-electron chi connectivity index (χ0n) is 9.98. The largest absolute Gasteiger partial charge is 0.391 e. The van der Waals surface area contributed by atoms with Gasteiger partial charge in [-0.1, -0.05) is 0 Å². The van der Waals surface area contributed by atoms with Crippen molar-refractivity contribution in [2.75, 3.05) is 19.6 Å². The van der Waals surface area contributed by atoms with Crippen LogP contribution in [0, 0.1) is 5.92 Å². The molecule has 2 unspecified atom stereocenters. The van der Waals surface area contributed by atoms with Gasteiger partial charge in [-0.05, 0) is 22.0 Å². The van der Waals surface area contributed by atoms with Crippen LogP contribution in [0.3, 0.4) is 0 Å². The molecule has 4 N–H and O–H groups in total. The van der Waals surface area contributed by atoms with Gasteiger partial charge in [-0.3, -0.25) is 9.59 Å². The number of nitrogens with one attached hydrogen (secondary N) is 3. The Morgan fingerprint density at radius 1 is 1.53 bits per heavy atom. The molecule has 106 valence electrons. The molecule has 0 bridgehead atoms. The molecule has 0 aromatic carbocycles. The molecule has 0 aliphatic carbocycles. The zero-order valence-corrected chi connectivity index (χ0v) is 12.4. The van der Waals surface area contributed by atoms with Crippen molar-refractivity contribution in [2.24, 2.45) is 5.92 Å². The lowest BCUT2D eigenvalue weighted by Crippen LogP contribution is -2.34. The van der Waals surface area contributed by atoms with Gasteiger partial charge < -0.3 is 20.7 Å². The maximum atomic E-state index is 11.8. The number of hydrogen-bond donors (Lipinski definition) is 4. The van der Waals surface area contributed by atoms with Crippen LogP contribution in [0.2, 0.25) is 0 Å². The lowest BCUT2D eigenvalue weighted by Gasteiger charge is -2.14. The Kier molecular flexibility index (Phi) is 5.99. The smallest absolute Gasteiger partial charge is 0.262 e. The maximum Gasteiger partial charge on any atom is 0.262 e. The van der Waals surface area contributed by atoms with Crippen molar-refractivity contribution in [3.8, 4) is 0 Å². The number of carbonyl (C=O) groups is 1.